The van der Waals surface area contributed by atoms with Crippen LogP contribution in [0.5, 0.6) is 11.5 Å². The zero-order chi connectivity index (χ0) is 25.1. The quantitative estimate of drug-likeness (QED) is 0.329. The SMILES string of the molecule is COc1ccc(CNc2nccc(-c3c(-c4ccc(F)cc4)nc4cc(CO)ccn34)n2)c(OC)c1. The molecular weight excluding hydrogens is 461 g/mol. The molecule has 0 fully saturated rings. The second kappa shape index (κ2) is 10.0. The van der Waals surface area contributed by atoms with Gasteiger partial charge in [0.1, 0.15) is 23.0 Å². The summed E-state index contributed by atoms with van der Waals surface area (Å²) in [6.07, 6.45) is 3.51. The number of imidazole rings is 1. The molecule has 182 valence electrons. The van der Waals surface area contributed by atoms with Crippen LogP contribution in [-0.4, -0.2) is 38.7 Å². The van der Waals surface area contributed by atoms with E-state index in [4.69, 9.17) is 19.4 Å². The molecule has 9 heteroatoms. The normalized spacial score (nSPS) is 11.0. The fourth-order valence-electron chi connectivity index (χ4n) is 3.99. The Labute approximate surface area is 207 Å². The molecule has 0 spiro atoms. The van der Waals surface area contributed by atoms with Gasteiger partial charge in [0.2, 0.25) is 5.95 Å². The van der Waals surface area contributed by atoms with E-state index in [1.807, 2.05) is 40.9 Å². The second-order valence-electron chi connectivity index (χ2n) is 8.03. The van der Waals surface area contributed by atoms with E-state index in [2.05, 4.69) is 10.3 Å². The number of benzene rings is 2. The van der Waals surface area contributed by atoms with Crippen molar-refractivity contribution >= 4 is 11.6 Å². The Bertz CT molecular complexity index is 1520. The van der Waals surface area contributed by atoms with Gasteiger partial charge in [0.15, 0.2) is 0 Å². The van der Waals surface area contributed by atoms with Crippen molar-refractivity contribution in [3.63, 3.8) is 0 Å². The van der Waals surface area contributed by atoms with Crippen LogP contribution in [0.25, 0.3) is 28.3 Å². The average molecular weight is 486 g/mol. The molecule has 0 amide bonds. The third kappa shape index (κ3) is 4.56. The number of aromatic nitrogens is 4. The number of halogens is 1. The minimum atomic E-state index is -0.325. The smallest absolute Gasteiger partial charge is 0.223 e. The van der Waals surface area contributed by atoms with Crippen LogP contribution in [-0.2, 0) is 13.2 Å². The first kappa shape index (κ1) is 23.3. The summed E-state index contributed by atoms with van der Waals surface area (Å²) >= 11 is 0. The number of nitrogens with one attached hydrogen (secondary N) is 1. The third-order valence-electron chi connectivity index (χ3n) is 5.82. The molecule has 0 aliphatic heterocycles. The predicted molar refractivity (Wildman–Crippen MR) is 134 cm³/mol. The summed E-state index contributed by atoms with van der Waals surface area (Å²) in [5, 5.41) is 12.8. The molecule has 0 unspecified atom stereocenters. The van der Waals surface area contributed by atoms with Crippen molar-refractivity contribution in [3.05, 3.63) is 90.0 Å². The maximum absolute atomic E-state index is 13.6. The number of anilines is 1. The Balaban J connectivity index is 1.53. The van der Waals surface area contributed by atoms with Crippen LogP contribution >= 0.6 is 0 Å². The molecule has 0 aliphatic carbocycles. The lowest BCUT2D eigenvalue weighted by Crippen LogP contribution is -2.06. The molecule has 0 radical (unpaired) electrons. The van der Waals surface area contributed by atoms with Crippen LogP contribution in [0.2, 0.25) is 0 Å². The number of hydrogen-bond acceptors (Lipinski definition) is 7. The number of hydrogen-bond donors (Lipinski definition) is 2. The molecular formula is C27H24FN5O3. The summed E-state index contributed by atoms with van der Waals surface area (Å²) in [5.41, 5.74) is 5.07. The first-order valence-corrected chi connectivity index (χ1v) is 11.3. The summed E-state index contributed by atoms with van der Waals surface area (Å²) in [6.45, 7) is 0.343. The molecule has 0 atom stereocenters. The molecule has 0 saturated carbocycles. The first-order valence-electron chi connectivity index (χ1n) is 11.3. The molecule has 5 aromatic rings. The predicted octanol–water partition coefficient (Wildman–Crippen LogP) is 4.72. The van der Waals surface area contributed by atoms with Crippen LogP contribution in [0.15, 0.2) is 73.1 Å². The number of aliphatic hydroxyl groups excluding tert-OH is 1. The van der Waals surface area contributed by atoms with Crippen LogP contribution in [0.3, 0.4) is 0 Å². The lowest BCUT2D eigenvalue weighted by Gasteiger charge is -2.12. The van der Waals surface area contributed by atoms with Gasteiger partial charge in [-0.15, -0.1) is 0 Å². The van der Waals surface area contributed by atoms with Gasteiger partial charge >= 0.3 is 0 Å². The van der Waals surface area contributed by atoms with Gasteiger partial charge in [0, 0.05) is 36.1 Å². The highest BCUT2D eigenvalue weighted by atomic mass is 19.1. The average Bonchev–Trinajstić information content (AvgIpc) is 3.31. The number of aliphatic hydroxyl groups is 1. The molecule has 3 aromatic heterocycles. The van der Waals surface area contributed by atoms with Crippen molar-refractivity contribution in [1.82, 2.24) is 19.4 Å². The monoisotopic (exact) mass is 485 g/mol. The van der Waals surface area contributed by atoms with Gasteiger partial charge in [-0.1, -0.05) is 0 Å². The topological polar surface area (TPSA) is 93.8 Å². The Kier molecular flexibility index (Phi) is 6.46. The van der Waals surface area contributed by atoms with Gasteiger partial charge in [-0.3, -0.25) is 4.40 Å². The van der Waals surface area contributed by atoms with E-state index in [9.17, 15) is 9.50 Å². The van der Waals surface area contributed by atoms with E-state index in [-0.39, 0.29) is 12.4 Å². The van der Waals surface area contributed by atoms with E-state index in [1.54, 1.807) is 38.6 Å². The van der Waals surface area contributed by atoms with Crippen molar-refractivity contribution in [2.45, 2.75) is 13.2 Å². The maximum atomic E-state index is 13.6. The Hall–Kier alpha value is -4.50. The summed E-state index contributed by atoms with van der Waals surface area (Å²) in [6, 6.07) is 17.2. The van der Waals surface area contributed by atoms with Crippen molar-refractivity contribution in [3.8, 4) is 34.1 Å². The third-order valence-corrected chi connectivity index (χ3v) is 5.82. The Morgan fingerprint density at radius 1 is 0.972 bits per heavy atom. The molecule has 3 heterocycles. The molecule has 5 rings (SSSR count). The zero-order valence-corrected chi connectivity index (χ0v) is 19.8. The fourth-order valence-corrected chi connectivity index (χ4v) is 3.99. The highest BCUT2D eigenvalue weighted by Gasteiger charge is 2.18. The molecule has 2 aromatic carbocycles. The first-order chi connectivity index (χ1) is 17.6. The summed E-state index contributed by atoms with van der Waals surface area (Å²) in [7, 11) is 3.22. The summed E-state index contributed by atoms with van der Waals surface area (Å²) < 4.78 is 26.3. The van der Waals surface area contributed by atoms with E-state index in [0.29, 0.717) is 41.0 Å². The van der Waals surface area contributed by atoms with Crippen molar-refractivity contribution in [1.29, 1.82) is 0 Å². The minimum Gasteiger partial charge on any atom is -0.497 e. The molecule has 8 nitrogen and oxygen atoms in total. The largest absolute Gasteiger partial charge is 0.497 e. The van der Waals surface area contributed by atoms with Gasteiger partial charge in [-0.05, 0) is 60.2 Å². The zero-order valence-electron chi connectivity index (χ0n) is 19.8. The highest BCUT2D eigenvalue weighted by molar-refractivity contribution is 5.80. The van der Waals surface area contributed by atoms with Gasteiger partial charge in [-0.25, -0.2) is 19.3 Å². The van der Waals surface area contributed by atoms with Crippen molar-refractivity contribution in [2.24, 2.45) is 0 Å². The van der Waals surface area contributed by atoms with E-state index in [1.165, 1.54) is 12.1 Å². The van der Waals surface area contributed by atoms with Crippen LogP contribution < -0.4 is 14.8 Å². The lowest BCUT2D eigenvalue weighted by molar-refractivity contribution is 0.282. The van der Waals surface area contributed by atoms with Gasteiger partial charge in [-0.2, -0.15) is 0 Å². The van der Waals surface area contributed by atoms with Gasteiger partial charge in [0.05, 0.1) is 37.9 Å². The standard InChI is InChI=1S/C27H24FN5O3/c1-35-21-8-5-19(23(14-21)36-2)15-30-27-29-11-9-22(31-27)26-25(18-3-6-20(28)7-4-18)32-24-13-17(16-34)10-12-33(24)26/h3-14,34H,15-16H2,1-2H3,(H,29,30,31). The minimum absolute atomic E-state index is 0.0963. The number of ether oxygens (including phenoxy) is 2. The molecule has 2 N–H and O–H groups in total. The van der Waals surface area contributed by atoms with Gasteiger partial charge in [0.25, 0.3) is 0 Å². The summed E-state index contributed by atoms with van der Waals surface area (Å²) in [5.74, 6) is 1.50. The maximum Gasteiger partial charge on any atom is 0.223 e. The molecule has 0 aliphatic rings. The Morgan fingerprint density at radius 3 is 2.56 bits per heavy atom. The molecule has 36 heavy (non-hydrogen) atoms. The fraction of sp³-hybridized carbons (Fsp3) is 0.148. The summed E-state index contributed by atoms with van der Waals surface area (Å²) in [4.78, 5) is 13.9. The number of fused-ring (bicyclic) bond motifs is 1. The molecule has 0 bridgehead atoms. The lowest BCUT2D eigenvalue weighted by atomic mass is 10.1. The highest BCUT2D eigenvalue weighted by Crippen LogP contribution is 2.33. The van der Waals surface area contributed by atoms with Gasteiger partial charge < -0.3 is 19.9 Å². The van der Waals surface area contributed by atoms with Crippen LogP contribution in [0, 0.1) is 5.82 Å². The number of nitrogens with zero attached hydrogens (tertiary/aromatic N) is 4. The number of pyridine rings is 1. The van der Waals surface area contributed by atoms with Crippen LogP contribution in [0.4, 0.5) is 10.3 Å². The number of rotatable bonds is 8. The number of methoxy groups -OCH3 is 2. The Morgan fingerprint density at radius 2 is 1.81 bits per heavy atom. The molecule has 0 saturated heterocycles. The second-order valence-corrected chi connectivity index (χ2v) is 8.03. The van der Waals surface area contributed by atoms with Crippen molar-refractivity contribution in [2.75, 3.05) is 19.5 Å². The van der Waals surface area contributed by atoms with Crippen molar-refractivity contribution < 1.29 is 19.0 Å². The van der Waals surface area contributed by atoms with E-state index < -0.39 is 0 Å². The van der Waals surface area contributed by atoms with E-state index in [0.717, 1.165) is 22.4 Å². The van der Waals surface area contributed by atoms with E-state index >= 15 is 0 Å². The van der Waals surface area contributed by atoms with Crippen LogP contribution in [0.1, 0.15) is 11.1 Å².